The molecule has 2 fully saturated rings. The number of hydrogen-bond acceptors (Lipinski definition) is 5. The standard InChI is InChI=1S/C24H19N3O3/c1-30-18-8-9-19-16(11-18)12-25-22(26-19)13-4-6-17(7-5-13)27-23(28)20-14-2-3-15(10-14)21(20)24(27)29/h2-9,11-12,14-15,20-21H,10H2,1H3/t14-,15-,20-,21+/m0/s1. The summed E-state index contributed by atoms with van der Waals surface area (Å²) in [7, 11) is 1.63. The first-order valence-corrected chi connectivity index (χ1v) is 10.1. The molecule has 6 nitrogen and oxygen atoms in total. The molecule has 6 rings (SSSR count). The second-order valence-electron chi connectivity index (χ2n) is 8.18. The summed E-state index contributed by atoms with van der Waals surface area (Å²) in [6.45, 7) is 0. The molecule has 1 saturated heterocycles. The lowest BCUT2D eigenvalue weighted by atomic mass is 9.85. The van der Waals surface area contributed by atoms with E-state index >= 15 is 0 Å². The highest BCUT2D eigenvalue weighted by atomic mass is 16.5. The second-order valence-corrected chi connectivity index (χ2v) is 8.18. The number of carbonyl (C=O) groups is 2. The van der Waals surface area contributed by atoms with Gasteiger partial charge in [-0.3, -0.25) is 14.5 Å². The van der Waals surface area contributed by atoms with E-state index in [9.17, 15) is 9.59 Å². The van der Waals surface area contributed by atoms with Crippen molar-refractivity contribution in [3.05, 3.63) is 60.8 Å². The molecule has 0 N–H and O–H groups in total. The molecule has 1 aliphatic heterocycles. The lowest BCUT2D eigenvalue weighted by Crippen LogP contribution is -2.32. The number of hydrogen-bond donors (Lipinski definition) is 0. The Morgan fingerprint density at radius 1 is 0.967 bits per heavy atom. The largest absolute Gasteiger partial charge is 0.497 e. The molecule has 2 aliphatic carbocycles. The van der Waals surface area contributed by atoms with Crippen molar-refractivity contribution in [2.75, 3.05) is 12.0 Å². The van der Waals surface area contributed by atoms with Gasteiger partial charge in [-0.15, -0.1) is 0 Å². The van der Waals surface area contributed by atoms with Crippen molar-refractivity contribution in [2.24, 2.45) is 23.7 Å². The summed E-state index contributed by atoms with van der Waals surface area (Å²) < 4.78 is 5.24. The van der Waals surface area contributed by atoms with E-state index in [1.807, 2.05) is 42.5 Å². The van der Waals surface area contributed by atoms with Crippen molar-refractivity contribution in [1.29, 1.82) is 0 Å². The summed E-state index contributed by atoms with van der Waals surface area (Å²) in [5.41, 5.74) is 2.27. The molecule has 30 heavy (non-hydrogen) atoms. The van der Waals surface area contributed by atoms with E-state index in [0.29, 0.717) is 11.5 Å². The van der Waals surface area contributed by atoms with Crippen LogP contribution in [0.3, 0.4) is 0 Å². The predicted octanol–water partition coefficient (Wildman–Crippen LogP) is 3.62. The topological polar surface area (TPSA) is 72.4 Å². The molecule has 0 radical (unpaired) electrons. The number of rotatable bonds is 3. The summed E-state index contributed by atoms with van der Waals surface area (Å²) in [5, 5.41) is 0.901. The molecule has 2 amide bonds. The molecule has 1 saturated carbocycles. The van der Waals surface area contributed by atoms with E-state index in [0.717, 1.165) is 28.6 Å². The number of carbonyl (C=O) groups excluding carboxylic acids is 2. The Morgan fingerprint density at radius 3 is 2.33 bits per heavy atom. The lowest BCUT2D eigenvalue weighted by molar-refractivity contribution is -0.123. The van der Waals surface area contributed by atoms with Crippen LogP contribution in [0.2, 0.25) is 0 Å². The molecule has 0 spiro atoms. The van der Waals surface area contributed by atoms with Crippen molar-refractivity contribution in [2.45, 2.75) is 6.42 Å². The third-order valence-electron chi connectivity index (χ3n) is 6.64. The molecular formula is C24H19N3O3. The third-order valence-corrected chi connectivity index (χ3v) is 6.64. The van der Waals surface area contributed by atoms with Crippen molar-refractivity contribution in [1.82, 2.24) is 9.97 Å². The highest BCUT2D eigenvalue weighted by molar-refractivity contribution is 6.22. The van der Waals surface area contributed by atoms with Gasteiger partial charge in [-0.2, -0.15) is 0 Å². The normalized spacial score (nSPS) is 26.6. The Morgan fingerprint density at radius 2 is 1.67 bits per heavy atom. The Hall–Kier alpha value is -3.54. The van der Waals surface area contributed by atoms with Gasteiger partial charge in [0.2, 0.25) is 11.8 Å². The minimum atomic E-state index is -0.187. The zero-order valence-corrected chi connectivity index (χ0v) is 16.4. The van der Waals surface area contributed by atoms with Crippen molar-refractivity contribution >= 4 is 28.4 Å². The van der Waals surface area contributed by atoms with E-state index in [1.54, 1.807) is 13.3 Å². The molecule has 6 heteroatoms. The fourth-order valence-electron chi connectivity index (χ4n) is 5.19. The van der Waals surface area contributed by atoms with E-state index < -0.39 is 0 Å². The number of methoxy groups -OCH3 is 1. The number of nitrogens with zero attached hydrogens (tertiary/aromatic N) is 3. The fraction of sp³-hybridized carbons (Fsp3) is 0.250. The average Bonchev–Trinajstić information content (AvgIpc) is 3.47. The SMILES string of the molecule is COc1ccc2nc(-c3ccc(N4C(=O)[C@@H]5[C@H](C4=O)[C@H]4C=C[C@H]5C4)cc3)ncc2c1. The first-order chi connectivity index (χ1) is 14.6. The van der Waals surface area contributed by atoms with E-state index in [1.165, 1.54) is 4.90 Å². The number of allylic oxidation sites excluding steroid dienone is 2. The van der Waals surface area contributed by atoms with Gasteiger partial charge in [0.05, 0.1) is 30.1 Å². The summed E-state index contributed by atoms with van der Waals surface area (Å²) in [6.07, 6.45) is 6.92. The Balaban J connectivity index is 1.30. The lowest BCUT2D eigenvalue weighted by Gasteiger charge is -2.17. The number of benzene rings is 2. The quantitative estimate of drug-likeness (QED) is 0.499. The van der Waals surface area contributed by atoms with E-state index in [4.69, 9.17) is 4.74 Å². The maximum absolute atomic E-state index is 13.0. The van der Waals surface area contributed by atoms with E-state index in [-0.39, 0.29) is 35.5 Å². The molecule has 3 aliphatic rings. The Kier molecular flexibility index (Phi) is 3.60. The maximum atomic E-state index is 13.0. The van der Waals surface area contributed by atoms with Gasteiger partial charge in [0.15, 0.2) is 5.82 Å². The Bertz CT molecular complexity index is 1200. The molecule has 0 unspecified atom stereocenters. The minimum Gasteiger partial charge on any atom is -0.497 e. The van der Waals surface area contributed by atoms with Crippen molar-refractivity contribution in [3.63, 3.8) is 0 Å². The number of amides is 2. The number of imide groups is 1. The van der Waals surface area contributed by atoms with Crippen molar-refractivity contribution < 1.29 is 14.3 Å². The van der Waals surface area contributed by atoms with Crippen LogP contribution in [0.25, 0.3) is 22.3 Å². The van der Waals surface area contributed by atoms with Crippen molar-refractivity contribution in [3.8, 4) is 17.1 Å². The molecule has 2 bridgehead atoms. The van der Waals surface area contributed by atoms with Gasteiger partial charge >= 0.3 is 0 Å². The van der Waals surface area contributed by atoms with E-state index in [2.05, 4.69) is 22.1 Å². The highest BCUT2D eigenvalue weighted by Crippen LogP contribution is 2.53. The average molecular weight is 397 g/mol. The summed E-state index contributed by atoms with van der Waals surface area (Å²) in [6, 6.07) is 13.0. The van der Waals surface area contributed by atoms with Gasteiger partial charge in [-0.1, -0.05) is 12.2 Å². The minimum absolute atomic E-state index is 0.0643. The first kappa shape index (κ1) is 17.3. The molecule has 1 aromatic heterocycles. The monoisotopic (exact) mass is 397 g/mol. The van der Waals surface area contributed by atoms with Crippen LogP contribution in [0, 0.1) is 23.7 Å². The summed E-state index contributed by atoms with van der Waals surface area (Å²) in [5.74, 6) is 1.28. The van der Waals surface area contributed by atoms with Gasteiger partial charge in [-0.25, -0.2) is 9.97 Å². The number of aromatic nitrogens is 2. The molecule has 148 valence electrons. The zero-order valence-electron chi connectivity index (χ0n) is 16.4. The number of fused-ring (bicyclic) bond motifs is 6. The molecule has 4 atom stereocenters. The highest BCUT2D eigenvalue weighted by Gasteiger charge is 2.59. The molecule has 2 heterocycles. The Labute approximate surface area is 173 Å². The number of anilines is 1. The number of ether oxygens (including phenoxy) is 1. The zero-order chi connectivity index (χ0) is 20.4. The summed E-state index contributed by atoms with van der Waals surface area (Å²) in [4.78, 5) is 36.4. The van der Waals surface area contributed by atoms with Gasteiger partial charge in [0.1, 0.15) is 5.75 Å². The molecule has 3 aromatic rings. The predicted molar refractivity (Wildman–Crippen MR) is 112 cm³/mol. The third kappa shape index (κ3) is 2.36. The van der Waals surface area contributed by atoms with Crippen LogP contribution >= 0.6 is 0 Å². The van der Waals surface area contributed by atoms with Crippen LogP contribution in [-0.2, 0) is 9.59 Å². The van der Waals surface area contributed by atoms with Crippen LogP contribution in [0.5, 0.6) is 5.75 Å². The van der Waals surface area contributed by atoms with Gasteiger partial charge < -0.3 is 4.74 Å². The van der Waals surface area contributed by atoms with Crippen LogP contribution in [-0.4, -0.2) is 28.9 Å². The summed E-state index contributed by atoms with van der Waals surface area (Å²) >= 11 is 0. The molecule has 2 aromatic carbocycles. The van der Waals surface area contributed by atoms with Gasteiger partial charge in [-0.05, 0) is 60.7 Å². The second kappa shape index (κ2) is 6.23. The molecular weight excluding hydrogens is 378 g/mol. The fourth-order valence-corrected chi connectivity index (χ4v) is 5.19. The van der Waals surface area contributed by atoms with Crippen LogP contribution in [0.4, 0.5) is 5.69 Å². The van der Waals surface area contributed by atoms with Gasteiger partial charge in [0, 0.05) is 17.1 Å². The van der Waals surface area contributed by atoms with Crippen LogP contribution in [0.1, 0.15) is 6.42 Å². The van der Waals surface area contributed by atoms with Crippen LogP contribution in [0.15, 0.2) is 60.8 Å². The first-order valence-electron chi connectivity index (χ1n) is 10.1. The smallest absolute Gasteiger partial charge is 0.238 e. The van der Waals surface area contributed by atoms with Gasteiger partial charge in [0.25, 0.3) is 0 Å². The maximum Gasteiger partial charge on any atom is 0.238 e. The van der Waals surface area contributed by atoms with Crippen LogP contribution < -0.4 is 9.64 Å².